The standard InChI is InChI=1S/C16H21BrN4O2/c1-16(2,3)18-13(22)9-21(4)10-14-19-20-15(23-14)11-7-5-6-8-12(11)17/h5-8H,9-10H2,1-4H3,(H,18,22)/p+1. The van der Waals surface area contributed by atoms with Crippen molar-refractivity contribution in [3.05, 3.63) is 34.6 Å². The van der Waals surface area contributed by atoms with Gasteiger partial charge in [0.2, 0.25) is 5.89 Å². The number of nitrogens with one attached hydrogen (secondary N) is 2. The molecule has 0 radical (unpaired) electrons. The number of carbonyl (C=O) groups is 1. The molecule has 1 heterocycles. The average Bonchev–Trinajstić information content (AvgIpc) is 2.84. The lowest BCUT2D eigenvalue weighted by Crippen LogP contribution is -3.09. The molecule has 7 heteroatoms. The third-order valence-corrected chi connectivity index (χ3v) is 3.69. The molecule has 23 heavy (non-hydrogen) atoms. The first-order valence-corrected chi connectivity index (χ1v) is 8.23. The molecule has 0 bridgehead atoms. The van der Waals surface area contributed by atoms with Crippen LogP contribution in [-0.4, -0.2) is 35.2 Å². The number of aromatic nitrogens is 2. The first kappa shape index (κ1) is 17.6. The van der Waals surface area contributed by atoms with Crippen molar-refractivity contribution in [2.45, 2.75) is 32.9 Å². The summed E-state index contributed by atoms with van der Waals surface area (Å²) >= 11 is 3.47. The molecule has 0 spiro atoms. The van der Waals surface area contributed by atoms with E-state index in [2.05, 4.69) is 31.4 Å². The van der Waals surface area contributed by atoms with Gasteiger partial charge in [-0.25, -0.2) is 0 Å². The highest BCUT2D eigenvalue weighted by Gasteiger charge is 2.19. The monoisotopic (exact) mass is 381 g/mol. The Balaban J connectivity index is 1.97. The topological polar surface area (TPSA) is 72.5 Å². The number of amides is 1. The van der Waals surface area contributed by atoms with Crippen molar-refractivity contribution < 1.29 is 14.1 Å². The Morgan fingerprint density at radius 2 is 2.00 bits per heavy atom. The van der Waals surface area contributed by atoms with Crippen LogP contribution in [0.4, 0.5) is 0 Å². The maximum absolute atomic E-state index is 11.9. The summed E-state index contributed by atoms with van der Waals surface area (Å²) in [5.41, 5.74) is 0.628. The van der Waals surface area contributed by atoms with Crippen LogP contribution in [0.2, 0.25) is 0 Å². The van der Waals surface area contributed by atoms with Crippen LogP contribution >= 0.6 is 15.9 Å². The zero-order valence-corrected chi connectivity index (χ0v) is 15.4. The number of benzene rings is 1. The summed E-state index contributed by atoms with van der Waals surface area (Å²) in [5, 5.41) is 11.1. The Hall–Kier alpha value is -1.73. The van der Waals surface area contributed by atoms with E-state index in [1.807, 2.05) is 52.1 Å². The molecule has 1 atom stereocenters. The molecule has 1 aromatic heterocycles. The lowest BCUT2D eigenvalue weighted by Gasteiger charge is -2.21. The normalized spacial score (nSPS) is 12.9. The lowest BCUT2D eigenvalue weighted by molar-refractivity contribution is -0.886. The molecule has 0 saturated heterocycles. The van der Waals surface area contributed by atoms with Gasteiger partial charge in [-0.05, 0) is 48.8 Å². The van der Waals surface area contributed by atoms with E-state index in [0.717, 1.165) is 14.9 Å². The average molecular weight is 382 g/mol. The molecular weight excluding hydrogens is 360 g/mol. The van der Waals surface area contributed by atoms with Crippen molar-refractivity contribution in [3.63, 3.8) is 0 Å². The number of quaternary nitrogens is 1. The van der Waals surface area contributed by atoms with E-state index in [1.165, 1.54) is 0 Å². The SMILES string of the molecule is C[NH+](CC(=O)NC(C)(C)C)Cc1nnc(-c2ccccc2Br)o1. The number of carbonyl (C=O) groups excluding carboxylic acids is 1. The van der Waals surface area contributed by atoms with E-state index in [0.29, 0.717) is 24.9 Å². The molecular formula is C16H22BrN4O2+. The number of hydrogen-bond donors (Lipinski definition) is 2. The number of likely N-dealkylation sites (N-methyl/N-ethyl adjacent to an activating group) is 1. The maximum Gasteiger partial charge on any atom is 0.275 e. The summed E-state index contributed by atoms with van der Waals surface area (Å²) in [6, 6.07) is 7.68. The van der Waals surface area contributed by atoms with Crippen molar-refractivity contribution in [2.75, 3.05) is 13.6 Å². The van der Waals surface area contributed by atoms with Gasteiger partial charge in [0.05, 0.1) is 12.6 Å². The largest absolute Gasteiger partial charge is 0.415 e. The van der Waals surface area contributed by atoms with Crippen LogP contribution in [0.15, 0.2) is 33.2 Å². The van der Waals surface area contributed by atoms with Gasteiger partial charge in [-0.3, -0.25) is 4.79 Å². The highest BCUT2D eigenvalue weighted by atomic mass is 79.9. The Morgan fingerprint density at radius 3 is 2.65 bits per heavy atom. The van der Waals surface area contributed by atoms with Gasteiger partial charge in [0.25, 0.3) is 11.8 Å². The summed E-state index contributed by atoms with van der Waals surface area (Å²) in [5.74, 6) is 0.983. The summed E-state index contributed by atoms with van der Waals surface area (Å²) < 4.78 is 6.60. The van der Waals surface area contributed by atoms with Gasteiger partial charge in [-0.15, -0.1) is 10.2 Å². The molecule has 0 fully saturated rings. The predicted octanol–water partition coefficient (Wildman–Crippen LogP) is 1.43. The number of rotatable bonds is 5. The molecule has 2 aromatic rings. The maximum atomic E-state index is 11.9. The summed E-state index contributed by atoms with van der Waals surface area (Å²) in [6.07, 6.45) is 0. The van der Waals surface area contributed by atoms with Crippen molar-refractivity contribution in [2.24, 2.45) is 0 Å². The van der Waals surface area contributed by atoms with Crippen LogP contribution in [0, 0.1) is 0 Å². The quantitative estimate of drug-likeness (QED) is 0.821. The van der Waals surface area contributed by atoms with Gasteiger partial charge in [-0.1, -0.05) is 12.1 Å². The predicted molar refractivity (Wildman–Crippen MR) is 90.8 cm³/mol. The van der Waals surface area contributed by atoms with E-state index >= 15 is 0 Å². The Labute approximate surface area is 144 Å². The van der Waals surface area contributed by atoms with Gasteiger partial charge in [0.1, 0.15) is 0 Å². The zero-order chi connectivity index (χ0) is 17.0. The fourth-order valence-electron chi connectivity index (χ4n) is 2.13. The highest BCUT2D eigenvalue weighted by molar-refractivity contribution is 9.10. The van der Waals surface area contributed by atoms with Crippen LogP contribution in [-0.2, 0) is 11.3 Å². The minimum absolute atomic E-state index is 0.000502. The van der Waals surface area contributed by atoms with Crippen LogP contribution in [0.1, 0.15) is 26.7 Å². The van der Waals surface area contributed by atoms with Crippen molar-refractivity contribution in [3.8, 4) is 11.5 Å². The van der Waals surface area contributed by atoms with Crippen LogP contribution in [0.25, 0.3) is 11.5 Å². The Kier molecular flexibility index (Phi) is 5.54. The molecule has 2 rings (SSSR count). The van der Waals surface area contributed by atoms with Gasteiger partial charge >= 0.3 is 0 Å². The van der Waals surface area contributed by atoms with Gasteiger partial charge in [-0.2, -0.15) is 0 Å². The fourth-order valence-corrected chi connectivity index (χ4v) is 2.58. The molecule has 6 nitrogen and oxygen atoms in total. The van der Waals surface area contributed by atoms with E-state index < -0.39 is 0 Å². The van der Waals surface area contributed by atoms with E-state index in [4.69, 9.17) is 4.42 Å². The summed E-state index contributed by atoms with van der Waals surface area (Å²) in [4.78, 5) is 12.9. The molecule has 1 unspecified atom stereocenters. The van der Waals surface area contributed by atoms with E-state index in [1.54, 1.807) is 0 Å². The highest BCUT2D eigenvalue weighted by Crippen LogP contribution is 2.26. The Bertz CT molecular complexity index is 679. The second-order valence-corrected chi connectivity index (χ2v) is 7.44. The van der Waals surface area contributed by atoms with Crippen LogP contribution < -0.4 is 10.2 Å². The van der Waals surface area contributed by atoms with Crippen molar-refractivity contribution >= 4 is 21.8 Å². The van der Waals surface area contributed by atoms with E-state index in [9.17, 15) is 4.79 Å². The number of nitrogens with zero attached hydrogens (tertiary/aromatic N) is 2. The molecule has 0 aliphatic carbocycles. The molecule has 2 N–H and O–H groups in total. The van der Waals surface area contributed by atoms with Gasteiger partial charge < -0.3 is 14.6 Å². The van der Waals surface area contributed by atoms with Crippen molar-refractivity contribution in [1.29, 1.82) is 0 Å². The minimum Gasteiger partial charge on any atom is -0.415 e. The first-order valence-electron chi connectivity index (χ1n) is 7.44. The molecule has 0 aliphatic heterocycles. The zero-order valence-electron chi connectivity index (χ0n) is 13.8. The smallest absolute Gasteiger partial charge is 0.275 e. The molecule has 124 valence electrons. The second kappa shape index (κ2) is 7.23. The van der Waals surface area contributed by atoms with Gasteiger partial charge in [0, 0.05) is 10.0 Å². The van der Waals surface area contributed by atoms with Crippen molar-refractivity contribution in [1.82, 2.24) is 15.5 Å². The van der Waals surface area contributed by atoms with Crippen LogP contribution in [0.3, 0.4) is 0 Å². The molecule has 1 aromatic carbocycles. The van der Waals surface area contributed by atoms with E-state index in [-0.39, 0.29) is 11.4 Å². The van der Waals surface area contributed by atoms with Crippen LogP contribution in [0.5, 0.6) is 0 Å². The number of halogens is 1. The summed E-state index contributed by atoms with van der Waals surface area (Å²) in [7, 11) is 1.92. The third-order valence-electron chi connectivity index (χ3n) is 3.00. The molecule has 0 saturated carbocycles. The summed E-state index contributed by atoms with van der Waals surface area (Å²) in [6.45, 7) is 6.73. The first-order chi connectivity index (χ1) is 10.7. The molecule has 0 aliphatic rings. The van der Waals surface area contributed by atoms with Gasteiger partial charge in [0.15, 0.2) is 13.1 Å². The number of hydrogen-bond acceptors (Lipinski definition) is 4. The second-order valence-electron chi connectivity index (χ2n) is 6.59. The minimum atomic E-state index is -0.228. The Morgan fingerprint density at radius 1 is 1.30 bits per heavy atom. The third kappa shape index (κ3) is 5.44. The lowest BCUT2D eigenvalue weighted by atomic mass is 10.1. The fraction of sp³-hybridized carbons (Fsp3) is 0.438. The molecule has 1 amide bonds.